The van der Waals surface area contributed by atoms with E-state index in [2.05, 4.69) is 56.4 Å². The lowest BCUT2D eigenvalue weighted by molar-refractivity contribution is 0.274. The smallest absolute Gasteiger partial charge is 0.0327 e. The maximum Gasteiger partial charge on any atom is 0.0327 e. The van der Waals surface area contributed by atoms with E-state index in [-0.39, 0.29) is 0 Å². The summed E-state index contributed by atoms with van der Waals surface area (Å²) in [5.41, 5.74) is 1.81. The Labute approximate surface area is 131 Å². The molecule has 1 saturated carbocycles. The van der Waals surface area contributed by atoms with E-state index in [9.17, 15) is 0 Å². The predicted octanol–water partition coefficient (Wildman–Crippen LogP) is 5.87. The van der Waals surface area contributed by atoms with Crippen molar-refractivity contribution in [3.05, 3.63) is 35.9 Å². The van der Waals surface area contributed by atoms with Gasteiger partial charge in [0.15, 0.2) is 0 Å². The van der Waals surface area contributed by atoms with Gasteiger partial charge in [-0.15, -0.1) is 0 Å². The summed E-state index contributed by atoms with van der Waals surface area (Å²) >= 11 is 0. The molecule has 1 nitrogen and oxygen atoms in total. The third-order valence-corrected chi connectivity index (χ3v) is 4.56. The first kappa shape index (κ1) is 16.5. The number of hydrogen-bond acceptors (Lipinski definition) is 1. The highest BCUT2D eigenvalue weighted by Crippen LogP contribution is 2.31. The van der Waals surface area contributed by atoms with E-state index >= 15 is 0 Å². The van der Waals surface area contributed by atoms with Crippen molar-refractivity contribution in [2.45, 2.75) is 84.2 Å². The molecule has 0 aromatic heterocycles. The summed E-state index contributed by atoms with van der Waals surface area (Å²) in [5, 5.41) is 4.00. The van der Waals surface area contributed by atoms with Crippen molar-refractivity contribution < 1.29 is 0 Å². The zero-order valence-corrected chi connectivity index (χ0v) is 14.2. The maximum atomic E-state index is 4.00. The molecule has 118 valence electrons. The Kier molecular flexibility index (Phi) is 6.29. The molecule has 0 saturated heterocycles. The standard InChI is InChI=1S/C20H33N/c1-20(2,3)16-19(17-12-8-7-9-13-17)21-18-14-10-5-4-6-11-15-18/h7-9,12-13,18-19,21H,4-6,10-11,14-16H2,1-3H3. The summed E-state index contributed by atoms with van der Waals surface area (Å²) in [5.74, 6) is 0. The lowest BCUT2D eigenvalue weighted by Crippen LogP contribution is -2.35. The molecule has 0 radical (unpaired) electrons. The topological polar surface area (TPSA) is 12.0 Å². The highest BCUT2D eigenvalue weighted by atomic mass is 15.0. The molecule has 1 unspecified atom stereocenters. The van der Waals surface area contributed by atoms with Crippen LogP contribution in [0, 0.1) is 5.41 Å². The molecular weight excluding hydrogens is 254 g/mol. The van der Waals surface area contributed by atoms with Crippen molar-refractivity contribution in [1.29, 1.82) is 0 Å². The van der Waals surface area contributed by atoms with E-state index in [4.69, 9.17) is 0 Å². The average molecular weight is 287 g/mol. The largest absolute Gasteiger partial charge is 0.307 e. The summed E-state index contributed by atoms with van der Waals surface area (Å²) in [6.07, 6.45) is 11.0. The Morgan fingerprint density at radius 2 is 1.52 bits per heavy atom. The van der Waals surface area contributed by atoms with E-state index in [1.807, 2.05) is 0 Å². The first-order chi connectivity index (χ1) is 10.0. The number of benzene rings is 1. The van der Waals surface area contributed by atoms with Gasteiger partial charge in [0.25, 0.3) is 0 Å². The fourth-order valence-electron chi connectivity index (χ4n) is 3.48. The lowest BCUT2D eigenvalue weighted by Gasteiger charge is -2.32. The highest BCUT2D eigenvalue weighted by Gasteiger charge is 2.23. The zero-order chi connectivity index (χ0) is 15.1. The second-order valence-corrected chi connectivity index (χ2v) is 7.94. The molecular formula is C20H33N. The predicted molar refractivity (Wildman–Crippen MR) is 92.5 cm³/mol. The van der Waals surface area contributed by atoms with E-state index in [0.29, 0.717) is 17.5 Å². The van der Waals surface area contributed by atoms with E-state index < -0.39 is 0 Å². The third-order valence-electron chi connectivity index (χ3n) is 4.56. The Hall–Kier alpha value is -0.820. The minimum Gasteiger partial charge on any atom is -0.307 e. The normalized spacial score (nSPS) is 19.8. The minimum atomic E-state index is 0.356. The van der Waals surface area contributed by atoms with Crippen LogP contribution in [0.4, 0.5) is 0 Å². The third kappa shape index (κ3) is 6.22. The molecule has 0 spiro atoms. The Morgan fingerprint density at radius 1 is 0.952 bits per heavy atom. The minimum absolute atomic E-state index is 0.356. The molecule has 1 fully saturated rings. The van der Waals surface area contributed by atoms with Crippen LogP contribution in [0.3, 0.4) is 0 Å². The molecule has 1 N–H and O–H groups in total. The number of nitrogens with one attached hydrogen (secondary N) is 1. The van der Waals surface area contributed by atoms with Gasteiger partial charge in [0.05, 0.1) is 0 Å². The van der Waals surface area contributed by atoms with Gasteiger partial charge < -0.3 is 5.32 Å². The van der Waals surface area contributed by atoms with Crippen LogP contribution in [0.15, 0.2) is 30.3 Å². The van der Waals surface area contributed by atoms with Crippen molar-refractivity contribution in [2.75, 3.05) is 0 Å². The lowest BCUT2D eigenvalue weighted by atomic mass is 9.84. The van der Waals surface area contributed by atoms with Crippen LogP contribution in [0.5, 0.6) is 0 Å². The second kappa shape index (κ2) is 7.98. The monoisotopic (exact) mass is 287 g/mol. The van der Waals surface area contributed by atoms with E-state index in [1.54, 1.807) is 0 Å². The van der Waals surface area contributed by atoms with Gasteiger partial charge in [-0.05, 0) is 30.2 Å². The van der Waals surface area contributed by atoms with Crippen LogP contribution >= 0.6 is 0 Å². The molecule has 0 bridgehead atoms. The number of rotatable bonds is 4. The quantitative estimate of drug-likeness (QED) is 0.730. The first-order valence-electron chi connectivity index (χ1n) is 8.86. The molecule has 21 heavy (non-hydrogen) atoms. The van der Waals surface area contributed by atoms with E-state index in [0.717, 1.165) is 0 Å². The molecule has 1 heteroatoms. The van der Waals surface area contributed by atoms with Gasteiger partial charge in [-0.3, -0.25) is 0 Å². The van der Waals surface area contributed by atoms with Crippen molar-refractivity contribution in [3.63, 3.8) is 0 Å². The summed E-state index contributed by atoms with van der Waals surface area (Å²) in [7, 11) is 0. The molecule has 1 aliphatic carbocycles. The SMILES string of the molecule is CC(C)(C)CC(NC1CCCCCCC1)c1ccccc1. The van der Waals surface area contributed by atoms with Crippen LogP contribution in [0.2, 0.25) is 0 Å². The molecule has 1 aliphatic rings. The van der Waals surface area contributed by atoms with Gasteiger partial charge in [0, 0.05) is 12.1 Å². The van der Waals surface area contributed by atoms with Crippen LogP contribution < -0.4 is 5.32 Å². The average Bonchev–Trinajstić information content (AvgIpc) is 2.40. The Morgan fingerprint density at radius 3 is 2.10 bits per heavy atom. The zero-order valence-electron chi connectivity index (χ0n) is 14.2. The summed E-state index contributed by atoms with van der Waals surface area (Å²) in [6, 6.07) is 12.2. The molecule has 0 heterocycles. The molecule has 1 aromatic carbocycles. The van der Waals surface area contributed by atoms with Gasteiger partial charge in [0.1, 0.15) is 0 Å². The van der Waals surface area contributed by atoms with Gasteiger partial charge in [-0.2, -0.15) is 0 Å². The van der Waals surface area contributed by atoms with Gasteiger partial charge in [-0.1, -0.05) is 83.2 Å². The van der Waals surface area contributed by atoms with Crippen molar-refractivity contribution in [2.24, 2.45) is 5.41 Å². The maximum absolute atomic E-state index is 4.00. The second-order valence-electron chi connectivity index (χ2n) is 7.94. The number of hydrogen-bond donors (Lipinski definition) is 1. The summed E-state index contributed by atoms with van der Waals surface area (Å²) < 4.78 is 0. The molecule has 2 rings (SSSR count). The summed E-state index contributed by atoms with van der Waals surface area (Å²) in [4.78, 5) is 0. The van der Waals surface area contributed by atoms with Crippen molar-refractivity contribution in [1.82, 2.24) is 5.32 Å². The Balaban J connectivity index is 2.04. The Bertz CT molecular complexity index is 382. The van der Waals surface area contributed by atoms with Gasteiger partial charge in [0.2, 0.25) is 0 Å². The van der Waals surface area contributed by atoms with Gasteiger partial charge >= 0.3 is 0 Å². The van der Waals surface area contributed by atoms with Crippen LogP contribution in [-0.4, -0.2) is 6.04 Å². The van der Waals surface area contributed by atoms with Crippen LogP contribution in [0.1, 0.15) is 83.7 Å². The van der Waals surface area contributed by atoms with E-state index in [1.165, 1.54) is 56.9 Å². The van der Waals surface area contributed by atoms with Crippen LogP contribution in [0.25, 0.3) is 0 Å². The molecule has 1 aromatic rings. The molecule has 1 atom stereocenters. The highest BCUT2D eigenvalue weighted by molar-refractivity contribution is 5.19. The van der Waals surface area contributed by atoms with Crippen molar-refractivity contribution in [3.8, 4) is 0 Å². The molecule has 0 amide bonds. The molecule has 0 aliphatic heterocycles. The van der Waals surface area contributed by atoms with Crippen molar-refractivity contribution >= 4 is 0 Å². The first-order valence-corrected chi connectivity index (χ1v) is 8.86. The van der Waals surface area contributed by atoms with Crippen LogP contribution in [-0.2, 0) is 0 Å². The summed E-state index contributed by atoms with van der Waals surface area (Å²) in [6.45, 7) is 7.05. The fourth-order valence-corrected chi connectivity index (χ4v) is 3.48. The van der Waals surface area contributed by atoms with Gasteiger partial charge in [-0.25, -0.2) is 0 Å². The fraction of sp³-hybridized carbons (Fsp3) is 0.700.